The number of halogens is 2. The Hall–Kier alpha value is -2.82. The molecular weight excluding hydrogens is 452 g/mol. The van der Waals surface area contributed by atoms with Crippen LogP contribution in [0, 0.1) is 11.6 Å². The van der Waals surface area contributed by atoms with E-state index in [1.165, 1.54) is 0 Å². The topological polar surface area (TPSA) is 95.5 Å². The molecule has 0 spiro atoms. The lowest BCUT2D eigenvalue weighted by Gasteiger charge is -2.39. The van der Waals surface area contributed by atoms with Crippen molar-refractivity contribution in [1.82, 2.24) is 14.9 Å². The molecule has 2 saturated heterocycles. The molecule has 1 N–H and O–H groups in total. The number of nitrogens with one attached hydrogen (secondary N) is 1. The highest BCUT2D eigenvalue weighted by atomic mass is 32.2. The van der Waals surface area contributed by atoms with Gasteiger partial charge < -0.3 is 15.1 Å². The van der Waals surface area contributed by atoms with Crippen LogP contribution in [-0.4, -0.2) is 67.2 Å². The first-order chi connectivity index (χ1) is 15.7. The van der Waals surface area contributed by atoms with Gasteiger partial charge in [0.15, 0.2) is 9.84 Å². The van der Waals surface area contributed by atoms with Gasteiger partial charge in [-0.25, -0.2) is 22.2 Å². The molecule has 1 amide bonds. The van der Waals surface area contributed by atoms with Crippen LogP contribution in [-0.2, 0) is 14.6 Å². The zero-order valence-corrected chi connectivity index (χ0v) is 19.2. The molecule has 33 heavy (non-hydrogen) atoms. The number of aromatic nitrogens is 2. The Morgan fingerprint density at radius 2 is 1.79 bits per heavy atom. The molecule has 2 fully saturated rings. The van der Waals surface area contributed by atoms with E-state index >= 15 is 0 Å². The Morgan fingerprint density at radius 1 is 1.03 bits per heavy atom. The molecule has 4 rings (SSSR count). The van der Waals surface area contributed by atoms with Gasteiger partial charge in [-0.2, -0.15) is 0 Å². The quantitative estimate of drug-likeness (QED) is 0.704. The number of hydrogen-bond donors (Lipinski definition) is 1. The molecule has 1 aromatic carbocycles. The zero-order chi connectivity index (χ0) is 23.6. The standard InChI is InChI=1S/C22H27F2N5O3S/c1-33(31,32)20-13-16(23)19(12-17(20)24)27-18-4-2-3-9-29(22(18)30)15-5-10-28(11-6-15)21-14-25-7-8-26-21/h7-8,12-15,18,27H,2-6,9-11H2,1H3. The molecule has 8 nitrogen and oxygen atoms in total. The zero-order valence-electron chi connectivity index (χ0n) is 18.4. The van der Waals surface area contributed by atoms with E-state index in [9.17, 15) is 22.0 Å². The number of likely N-dealkylation sites (tertiary alicyclic amines) is 1. The first kappa shape index (κ1) is 23.3. The fourth-order valence-corrected chi connectivity index (χ4v) is 5.26. The Morgan fingerprint density at radius 3 is 2.45 bits per heavy atom. The molecule has 2 aromatic rings. The van der Waals surface area contributed by atoms with Crippen LogP contribution in [0.3, 0.4) is 0 Å². The van der Waals surface area contributed by atoms with E-state index < -0.39 is 32.4 Å². The Labute approximate surface area is 191 Å². The maximum Gasteiger partial charge on any atom is 0.245 e. The van der Waals surface area contributed by atoms with Gasteiger partial charge in [-0.15, -0.1) is 0 Å². The Kier molecular flexibility index (Phi) is 6.78. The number of carbonyl (C=O) groups is 1. The van der Waals surface area contributed by atoms with Crippen LogP contribution in [0.4, 0.5) is 20.3 Å². The second-order valence-electron chi connectivity index (χ2n) is 8.54. The number of nitrogens with zero attached hydrogens (tertiary/aromatic N) is 4. The summed E-state index contributed by atoms with van der Waals surface area (Å²) in [6.45, 7) is 2.12. The highest BCUT2D eigenvalue weighted by Gasteiger charge is 2.34. The average molecular weight is 480 g/mol. The monoisotopic (exact) mass is 479 g/mol. The third kappa shape index (κ3) is 5.23. The van der Waals surface area contributed by atoms with Crippen molar-refractivity contribution in [2.45, 2.75) is 49.1 Å². The lowest BCUT2D eigenvalue weighted by molar-refractivity contribution is -0.134. The van der Waals surface area contributed by atoms with Crippen molar-refractivity contribution in [2.75, 3.05) is 36.1 Å². The maximum atomic E-state index is 14.6. The number of piperidine rings is 1. The van der Waals surface area contributed by atoms with Gasteiger partial charge in [-0.05, 0) is 38.2 Å². The van der Waals surface area contributed by atoms with Crippen molar-refractivity contribution >= 4 is 27.2 Å². The van der Waals surface area contributed by atoms with Crippen LogP contribution in [0.25, 0.3) is 0 Å². The van der Waals surface area contributed by atoms with E-state index in [1.807, 2.05) is 4.90 Å². The predicted molar refractivity (Wildman–Crippen MR) is 120 cm³/mol. The molecule has 1 aromatic heterocycles. The lowest BCUT2D eigenvalue weighted by Crippen LogP contribution is -2.51. The van der Waals surface area contributed by atoms with Gasteiger partial charge in [0.25, 0.3) is 0 Å². The molecule has 0 bridgehead atoms. The normalized spacial score (nSPS) is 20.6. The highest BCUT2D eigenvalue weighted by molar-refractivity contribution is 7.90. The fourth-order valence-electron chi connectivity index (χ4n) is 4.53. The minimum absolute atomic E-state index is 0.0574. The number of amides is 1. The summed E-state index contributed by atoms with van der Waals surface area (Å²) in [7, 11) is -3.90. The third-order valence-electron chi connectivity index (χ3n) is 6.25. The molecule has 1 atom stereocenters. The summed E-state index contributed by atoms with van der Waals surface area (Å²) in [5, 5.41) is 2.83. The number of anilines is 2. The lowest BCUT2D eigenvalue weighted by atomic mass is 10.0. The molecular formula is C22H27F2N5O3S. The van der Waals surface area contributed by atoms with Crippen LogP contribution < -0.4 is 10.2 Å². The molecule has 0 radical (unpaired) electrons. The number of sulfone groups is 1. The number of hydrogen-bond acceptors (Lipinski definition) is 7. The summed E-state index contributed by atoms with van der Waals surface area (Å²) < 4.78 is 52.1. The number of rotatable bonds is 5. The minimum Gasteiger partial charge on any atom is -0.371 e. The van der Waals surface area contributed by atoms with Crippen LogP contribution >= 0.6 is 0 Å². The van der Waals surface area contributed by atoms with Gasteiger partial charge in [0.1, 0.15) is 28.4 Å². The first-order valence-electron chi connectivity index (χ1n) is 11.0. The van der Waals surface area contributed by atoms with Crippen LogP contribution in [0.15, 0.2) is 35.6 Å². The van der Waals surface area contributed by atoms with Crippen molar-refractivity contribution in [3.8, 4) is 0 Å². The summed E-state index contributed by atoms with van der Waals surface area (Å²) in [6.07, 6.45) is 9.47. The number of carbonyl (C=O) groups excluding carboxylic acids is 1. The molecule has 2 aliphatic rings. The van der Waals surface area contributed by atoms with Crippen molar-refractivity contribution in [2.24, 2.45) is 0 Å². The largest absolute Gasteiger partial charge is 0.371 e. The summed E-state index contributed by atoms with van der Waals surface area (Å²) in [6, 6.07) is 0.826. The molecule has 2 aliphatic heterocycles. The molecule has 3 heterocycles. The Bertz CT molecular complexity index is 1110. The minimum atomic E-state index is -3.90. The van der Waals surface area contributed by atoms with Crippen LogP contribution in [0.1, 0.15) is 32.1 Å². The first-order valence-corrected chi connectivity index (χ1v) is 12.9. The fraction of sp³-hybridized carbons (Fsp3) is 0.500. The van der Waals surface area contributed by atoms with Crippen LogP contribution in [0.2, 0.25) is 0 Å². The van der Waals surface area contributed by atoms with Crippen molar-refractivity contribution in [1.29, 1.82) is 0 Å². The third-order valence-corrected chi connectivity index (χ3v) is 7.36. The highest BCUT2D eigenvalue weighted by Crippen LogP contribution is 2.28. The van der Waals surface area contributed by atoms with E-state index in [0.717, 1.165) is 56.9 Å². The summed E-state index contributed by atoms with van der Waals surface area (Å²) in [4.78, 5) is 25.1. The number of benzene rings is 1. The average Bonchev–Trinajstić information content (AvgIpc) is 2.97. The maximum absolute atomic E-state index is 14.6. The van der Waals surface area contributed by atoms with Gasteiger partial charge in [0, 0.05) is 50.4 Å². The summed E-state index contributed by atoms with van der Waals surface area (Å²) >= 11 is 0. The molecule has 11 heteroatoms. The summed E-state index contributed by atoms with van der Waals surface area (Å²) in [5.41, 5.74) is -0.211. The molecule has 1 unspecified atom stereocenters. The molecule has 178 valence electrons. The van der Waals surface area contributed by atoms with Gasteiger partial charge >= 0.3 is 0 Å². The van der Waals surface area contributed by atoms with Gasteiger partial charge in [-0.3, -0.25) is 9.78 Å². The smallest absolute Gasteiger partial charge is 0.245 e. The van der Waals surface area contributed by atoms with Crippen molar-refractivity contribution in [3.05, 3.63) is 42.4 Å². The van der Waals surface area contributed by atoms with Crippen LogP contribution in [0.5, 0.6) is 0 Å². The summed E-state index contributed by atoms with van der Waals surface area (Å²) in [5.74, 6) is -1.28. The Balaban J connectivity index is 1.46. The molecule has 0 aliphatic carbocycles. The SMILES string of the molecule is CS(=O)(=O)c1cc(F)c(NC2CCCCN(C3CCN(c4cnccn4)CC3)C2=O)cc1F. The van der Waals surface area contributed by atoms with E-state index in [4.69, 9.17) is 0 Å². The van der Waals surface area contributed by atoms with E-state index in [0.29, 0.717) is 19.0 Å². The van der Waals surface area contributed by atoms with Gasteiger partial charge in [0.2, 0.25) is 5.91 Å². The van der Waals surface area contributed by atoms with Crippen molar-refractivity contribution < 1.29 is 22.0 Å². The van der Waals surface area contributed by atoms with Gasteiger partial charge in [-0.1, -0.05) is 0 Å². The van der Waals surface area contributed by atoms with E-state index in [2.05, 4.69) is 20.2 Å². The van der Waals surface area contributed by atoms with Crippen molar-refractivity contribution in [3.63, 3.8) is 0 Å². The predicted octanol–water partition coefficient (Wildman–Crippen LogP) is 2.62. The molecule has 0 saturated carbocycles. The second kappa shape index (κ2) is 9.58. The van der Waals surface area contributed by atoms with E-state index in [1.54, 1.807) is 18.6 Å². The van der Waals surface area contributed by atoms with E-state index in [-0.39, 0.29) is 17.6 Å². The van der Waals surface area contributed by atoms with Gasteiger partial charge in [0.05, 0.1) is 11.9 Å². The second-order valence-corrected chi connectivity index (χ2v) is 10.5.